The number of benzene rings is 1. The van der Waals surface area contributed by atoms with Crippen LogP contribution in [0.1, 0.15) is 5.56 Å². The lowest BCUT2D eigenvalue weighted by molar-refractivity contribution is 0.601. The van der Waals surface area contributed by atoms with Gasteiger partial charge >= 0.3 is 0 Å². The number of hydrogen-bond donors (Lipinski definition) is 2. The molecule has 8 heteroatoms. The number of nitrogens with one attached hydrogen (secondary N) is 1. The third kappa shape index (κ3) is 3.31. The van der Waals surface area contributed by atoms with Crippen molar-refractivity contribution in [3.8, 4) is 0 Å². The summed E-state index contributed by atoms with van der Waals surface area (Å²) < 4.78 is 28.3. The Labute approximate surface area is 132 Å². The molecule has 0 fully saturated rings. The van der Waals surface area contributed by atoms with Crippen molar-refractivity contribution in [2.45, 2.75) is 11.8 Å². The highest BCUT2D eigenvalue weighted by Crippen LogP contribution is 2.35. The van der Waals surface area contributed by atoms with Crippen LogP contribution in [0.2, 0.25) is 0 Å². The number of nitrogens with two attached hydrogens (primary N) is 1. The molecule has 0 aliphatic rings. The number of nitrogen functional groups attached to an aromatic ring is 1. The second kappa shape index (κ2) is 5.43. The molecule has 0 saturated carbocycles. The van der Waals surface area contributed by atoms with E-state index in [1.165, 1.54) is 11.3 Å². The summed E-state index contributed by atoms with van der Waals surface area (Å²) in [5.41, 5.74) is 7.64. The summed E-state index contributed by atoms with van der Waals surface area (Å²) in [5.74, 6) is 0. The van der Waals surface area contributed by atoms with Crippen molar-refractivity contribution in [1.82, 2.24) is 0 Å². The molecule has 0 aliphatic carbocycles. The molecule has 2 aromatic rings. The van der Waals surface area contributed by atoms with Crippen molar-refractivity contribution < 1.29 is 8.42 Å². The Morgan fingerprint density at radius 2 is 1.95 bits per heavy atom. The molecule has 102 valence electrons. The molecule has 0 atom stereocenters. The molecule has 0 amide bonds. The third-order valence-electron chi connectivity index (χ3n) is 2.44. The minimum Gasteiger partial charge on any atom is -0.399 e. The van der Waals surface area contributed by atoms with Crippen LogP contribution in [-0.2, 0) is 10.0 Å². The van der Waals surface area contributed by atoms with E-state index in [9.17, 15) is 8.42 Å². The Hall–Kier alpha value is -0.570. The molecule has 2 rings (SSSR count). The van der Waals surface area contributed by atoms with E-state index in [1.807, 2.05) is 6.92 Å². The molecule has 0 spiro atoms. The number of halogens is 2. The summed E-state index contributed by atoms with van der Waals surface area (Å²) in [6.07, 6.45) is 0. The van der Waals surface area contributed by atoms with Gasteiger partial charge in [-0.3, -0.25) is 4.72 Å². The predicted octanol–water partition coefficient (Wildman–Crippen LogP) is 3.96. The molecule has 1 aromatic heterocycles. The first-order valence-electron chi connectivity index (χ1n) is 5.13. The largest absolute Gasteiger partial charge is 0.399 e. The standard InChI is InChI=1S/C11H10Br2N2O2S2/c1-6-4-7(2-3-8(6)14)15-19(16,17)9-5-10(12)18-11(9)13/h2-5,15H,14H2,1H3. The fraction of sp³-hybridized carbons (Fsp3) is 0.0909. The zero-order valence-corrected chi connectivity index (χ0v) is 14.6. The van der Waals surface area contributed by atoms with Crippen molar-refractivity contribution in [3.63, 3.8) is 0 Å². The van der Waals surface area contributed by atoms with Gasteiger partial charge in [0.05, 0.1) is 7.57 Å². The van der Waals surface area contributed by atoms with Gasteiger partial charge in [0.2, 0.25) is 0 Å². The number of thiophene rings is 1. The second-order valence-corrected chi connectivity index (χ2v) is 9.27. The van der Waals surface area contributed by atoms with Crippen molar-refractivity contribution in [2.24, 2.45) is 0 Å². The first-order chi connectivity index (χ1) is 8.79. The predicted molar refractivity (Wildman–Crippen MR) is 86.1 cm³/mol. The average Bonchev–Trinajstić information content (AvgIpc) is 2.63. The van der Waals surface area contributed by atoms with Gasteiger partial charge in [0.15, 0.2) is 0 Å². The molecule has 0 unspecified atom stereocenters. The van der Waals surface area contributed by atoms with E-state index in [0.29, 0.717) is 15.2 Å². The molecule has 0 bridgehead atoms. The van der Waals surface area contributed by atoms with Crippen LogP contribution < -0.4 is 10.5 Å². The van der Waals surface area contributed by atoms with Gasteiger partial charge in [0, 0.05) is 11.4 Å². The topological polar surface area (TPSA) is 72.2 Å². The Morgan fingerprint density at radius 3 is 2.47 bits per heavy atom. The molecule has 19 heavy (non-hydrogen) atoms. The molecule has 3 N–H and O–H groups in total. The van der Waals surface area contributed by atoms with Crippen LogP contribution in [0.25, 0.3) is 0 Å². The Bertz CT molecular complexity index is 726. The summed E-state index contributed by atoms with van der Waals surface area (Å²) in [6, 6.07) is 6.56. The molecule has 1 heterocycles. The number of hydrogen-bond acceptors (Lipinski definition) is 4. The van der Waals surface area contributed by atoms with Gasteiger partial charge < -0.3 is 5.73 Å². The highest BCUT2D eigenvalue weighted by Gasteiger charge is 2.20. The minimum atomic E-state index is -3.61. The highest BCUT2D eigenvalue weighted by molar-refractivity contribution is 9.12. The monoisotopic (exact) mass is 424 g/mol. The maximum atomic E-state index is 12.2. The number of sulfonamides is 1. The van der Waals surface area contributed by atoms with Crippen molar-refractivity contribution in [2.75, 3.05) is 10.5 Å². The quantitative estimate of drug-likeness (QED) is 0.730. The molecule has 0 saturated heterocycles. The lowest BCUT2D eigenvalue weighted by Crippen LogP contribution is -2.12. The van der Waals surface area contributed by atoms with Crippen molar-refractivity contribution in [1.29, 1.82) is 0 Å². The number of anilines is 2. The van der Waals surface area contributed by atoms with E-state index in [2.05, 4.69) is 36.6 Å². The van der Waals surface area contributed by atoms with Gasteiger partial charge in [0.25, 0.3) is 10.0 Å². The summed E-state index contributed by atoms with van der Waals surface area (Å²) in [5, 5.41) is 0. The lowest BCUT2D eigenvalue weighted by Gasteiger charge is -2.09. The van der Waals surface area contributed by atoms with Gasteiger partial charge in [-0.05, 0) is 68.6 Å². The number of rotatable bonds is 3. The zero-order valence-electron chi connectivity index (χ0n) is 9.78. The second-order valence-electron chi connectivity index (χ2n) is 3.87. The van der Waals surface area contributed by atoms with Crippen LogP contribution in [0, 0.1) is 6.92 Å². The van der Waals surface area contributed by atoms with E-state index < -0.39 is 10.0 Å². The molecule has 4 nitrogen and oxygen atoms in total. The van der Waals surface area contributed by atoms with Crippen LogP contribution >= 0.6 is 43.2 Å². The molecule has 0 aliphatic heterocycles. The SMILES string of the molecule is Cc1cc(NS(=O)(=O)c2cc(Br)sc2Br)ccc1N. The number of aryl methyl sites for hydroxylation is 1. The normalized spacial score (nSPS) is 11.5. The Kier molecular flexibility index (Phi) is 4.24. The summed E-state index contributed by atoms with van der Waals surface area (Å²) in [6.45, 7) is 1.82. The van der Waals surface area contributed by atoms with E-state index in [-0.39, 0.29) is 4.90 Å². The fourth-order valence-electron chi connectivity index (χ4n) is 1.46. The van der Waals surface area contributed by atoms with Crippen LogP contribution in [0.5, 0.6) is 0 Å². The molecule has 1 aromatic carbocycles. The van der Waals surface area contributed by atoms with Gasteiger partial charge in [0.1, 0.15) is 4.90 Å². The minimum absolute atomic E-state index is 0.207. The Morgan fingerprint density at radius 1 is 1.26 bits per heavy atom. The Balaban J connectivity index is 2.36. The van der Waals surface area contributed by atoms with E-state index in [4.69, 9.17) is 5.73 Å². The van der Waals surface area contributed by atoms with E-state index >= 15 is 0 Å². The van der Waals surface area contributed by atoms with Crippen molar-refractivity contribution in [3.05, 3.63) is 37.4 Å². The van der Waals surface area contributed by atoms with Gasteiger partial charge in [-0.25, -0.2) is 8.42 Å². The smallest absolute Gasteiger partial charge is 0.263 e. The lowest BCUT2D eigenvalue weighted by atomic mass is 10.2. The van der Waals surface area contributed by atoms with Crippen LogP contribution in [0.15, 0.2) is 36.7 Å². The average molecular weight is 426 g/mol. The molecular formula is C11H10Br2N2O2S2. The summed E-state index contributed by atoms with van der Waals surface area (Å²) in [7, 11) is -3.61. The third-order valence-corrected chi connectivity index (χ3v) is 6.57. The summed E-state index contributed by atoms with van der Waals surface area (Å²) >= 11 is 7.81. The van der Waals surface area contributed by atoms with Crippen LogP contribution in [0.4, 0.5) is 11.4 Å². The molecular weight excluding hydrogens is 416 g/mol. The van der Waals surface area contributed by atoms with Crippen molar-refractivity contribution >= 4 is 64.6 Å². The first kappa shape index (κ1) is 14.8. The van der Waals surface area contributed by atoms with E-state index in [1.54, 1.807) is 24.3 Å². The van der Waals surface area contributed by atoms with Crippen LogP contribution in [-0.4, -0.2) is 8.42 Å². The van der Waals surface area contributed by atoms with Gasteiger partial charge in [-0.2, -0.15) is 0 Å². The first-order valence-corrected chi connectivity index (χ1v) is 9.02. The molecule has 0 radical (unpaired) electrons. The fourth-order valence-corrected chi connectivity index (χ4v) is 6.32. The van der Waals surface area contributed by atoms with E-state index in [0.717, 1.165) is 9.35 Å². The van der Waals surface area contributed by atoms with Gasteiger partial charge in [-0.1, -0.05) is 0 Å². The zero-order chi connectivity index (χ0) is 14.2. The summed E-state index contributed by atoms with van der Waals surface area (Å²) in [4.78, 5) is 0.207. The maximum Gasteiger partial charge on any atom is 0.263 e. The highest BCUT2D eigenvalue weighted by atomic mass is 79.9. The van der Waals surface area contributed by atoms with Crippen LogP contribution in [0.3, 0.4) is 0 Å². The van der Waals surface area contributed by atoms with Gasteiger partial charge in [-0.15, -0.1) is 11.3 Å². The maximum absolute atomic E-state index is 12.2.